The van der Waals surface area contributed by atoms with Gasteiger partial charge < -0.3 is 39.4 Å². The Bertz CT molecular complexity index is 2000. The average molecular weight is 907 g/mol. The summed E-state index contributed by atoms with van der Waals surface area (Å²) in [5, 5.41) is 19.7. The number of carbonyl (C=O) groups excluding carboxylic acids is 4. The summed E-state index contributed by atoms with van der Waals surface area (Å²) in [6.45, 7) is 12.2. The lowest BCUT2D eigenvalue weighted by atomic mass is 9.73. The summed E-state index contributed by atoms with van der Waals surface area (Å²) in [5.74, 6) is -0.0856. The Balaban J connectivity index is 0.00000282. The maximum Gasteiger partial charge on any atom is 0.411 e. The van der Waals surface area contributed by atoms with Crippen LogP contribution in [0.5, 0.6) is 0 Å². The molecule has 1 aromatic heterocycles. The van der Waals surface area contributed by atoms with Gasteiger partial charge in [-0.25, -0.2) is 18.7 Å². The molecule has 19 heteroatoms. The normalized spacial score (nSPS) is 35.4. The molecule has 3 fully saturated rings. The highest BCUT2D eigenvalue weighted by atomic mass is 32.2. The molecule has 4 heterocycles. The van der Waals surface area contributed by atoms with Gasteiger partial charge in [-0.15, -0.1) is 5.10 Å². The van der Waals surface area contributed by atoms with Crippen LogP contribution in [-0.2, 0) is 44.6 Å². The summed E-state index contributed by atoms with van der Waals surface area (Å²) in [6, 6.07) is 5.79. The van der Waals surface area contributed by atoms with Crippen LogP contribution in [0.1, 0.15) is 74.7 Å². The lowest BCUT2D eigenvalue weighted by molar-refractivity contribution is -0.295. The van der Waals surface area contributed by atoms with Crippen molar-refractivity contribution >= 4 is 41.5 Å². The third-order valence-electron chi connectivity index (χ3n) is 12.5. The molecule has 3 unspecified atom stereocenters. The number of esters is 1. The van der Waals surface area contributed by atoms with Gasteiger partial charge in [-0.2, -0.15) is 3.89 Å². The summed E-state index contributed by atoms with van der Waals surface area (Å²) >= 11 is 0.250. The number of nitrogens with two attached hydrogens (primary N) is 1. The topological polar surface area (TPSA) is 198 Å². The molecule has 63 heavy (non-hydrogen) atoms. The number of rotatable bonds is 8. The van der Waals surface area contributed by atoms with Crippen molar-refractivity contribution in [2.24, 2.45) is 17.8 Å². The SMILES string of the molecule is CC[C@H]1OC(=O)[C@@](C)(F)C(=O)[C@H](C)[C@@H](O[C@@H]2OC(C)CC(N(C)C)C2O)[C@](C)(OC)C[C@@H](C)C(=O)[C@H](C)[C@H]2N(CC#CCn3cc(-c4cccc(N)c4)nn3)C(=O)O[C@]12C.CSF. The maximum absolute atomic E-state index is 16.9. The number of methoxy groups -OCH3 is 1. The molecule has 16 nitrogen and oxygen atoms in total. The van der Waals surface area contributed by atoms with Crippen molar-refractivity contribution in [1.82, 2.24) is 24.8 Å². The minimum atomic E-state index is -3.21. The van der Waals surface area contributed by atoms with E-state index in [1.165, 1.54) is 29.9 Å². The second kappa shape index (κ2) is 21.2. The zero-order chi connectivity index (χ0) is 47.2. The van der Waals surface area contributed by atoms with Gasteiger partial charge in [-0.1, -0.05) is 56.9 Å². The fraction of sp³-hybridized carbons (Fsp3) is 0.682. The number of aliphatic hydroxyl groups is 1. The predicted molar refractivity (Wildman–Crippen MR) is 232 cm³/mol. The van der Waals surface area contributed by atoms with E-state index in [2.05, 4.69) is 22.2 Å². The Labute approximate surface area is 373 Å². The Morgan fingerprint density at radius 3 is 2.33 bits per heavy atom. The van der Waals surface area contributed by atoms with Crippen molar-refractivity contribution in [2.45, 2.75) is 141 Å². The number of carbonyl (C=O) groups is 4. The van der Waals surface area contributed by atoms with E-state index in [0.717, 1.165) is 12.5 Å². The predicted octanol–water partition coefficient (Wildman–Crippen LogP) is 5.06. The Hall–Kier alpha value is -4.19. The number of benzene rings is 1. The van der Waals surface area contributed by atoms with Gasteiger partial charge in [0.1, 0.15) is 30.2 Å². The van der Waals surface area contributed by atoms with E-state index in [1.807, 2.05) is 38.1 Å². The number of cyclic esters (lactones) is 1. The van der Waals surface area contributed by atoms with Gasteiger partial charge in [0.05, 0.1) is 36.6 Å². The number of aromatic nitrogens is 3. The monoisotopic (exact) mass is 906 g/mol. The highest BCUT2D eigenvalue weighted by Crippen LogP contribution is 2.43. The Morgan fingerprint density at radius 2 is 1.73 bits per heavy atom. The number of nitrogens with zero attached hydrogens (tertiary/aromatic N) is 5. The molecule has 0 bridgehead atoms. The van der Waals surface area contributed by atoms with Gasteiger partial charge in [0.2, 0.25) is 0 Å². The molecule has 1 aromatic carbocycles. The molecule has 3 aliphatic heterocycles. The van der Waals surface area contributed by atoms with Crippen LogP contribution in [-0.4, -0.2) is 147 Å². The van der Waals surface area contributed by atoms with Gasteiger partial charge in [0.15, 0.2) is 17.7 Å². The summed E-state index contributed by atoms with van der Waals surface area (Å²) in [6.07, 6.45) is -2.64. The van der Waals surface area contributed by atoms with E-state index in [0.29, 0.717) is 17.8 Å². The van der Waals surface area contributed by atoms with Gasteiger partial charge in [0.25, 0.3) is 5.67 Å². The smallest absolute Gasteiger partial charge is 0.411 e. The standard InChI is InChI=1S/C43H61FN6O10.CH3FS/c1-12-32-43(8)35(50(40(55)60-43)19-14-13-18-49-23-30(46-47-49)28-16-15-17-29(45)21-28)26(4)33(51)24(2)22-41(6,56-11)37(27(5)36(53)42(7,44)39(54)58-32)59-38-34(52)31(48(9)10)20-25(3)57-38;1-3-2/h15-17,21,23-27,31-32,34-35,37-38,52H,12,18-20,22,45H2,1-11H3;1H3/t24-,25?,26+,27+,31?,32-,34?,35-,37-,38+,41-,42+,43-;/m1./s1. The third-order valence-corrected chi connectivity index (χ3v) is 12.5. The van der Waals surface area contributed by atoms with Gasteiger partial charge in [-0.05, 0) is 73.2 Å². The first-order chi connectivity index (χ1) is 29.5. The van der Waals surface area contributed by atoms with Crippen LogP contribution in [0.15, 0.2) is 30.5 Å². The largest absolute Gasteiger partial charge is 0.455 e. The van der Waals surface area contributed by atoms with Crippen LogP contribution in [0.4, 0.5) is 18.8 Å². The van der Waals surface area contributed by atoms with Crippen molar-refractivity contribution in [2.75, 3.05) is 39.7 Å². The molecule has 350 valence electrons. The lowest BCUT2D eigenvalue weighted by Gasteiger charge is -2.47. The number of fused-ring (bicyclic) bond motifs is 1. The lowest BCUT2D eigenvalue weighted by Crippen LogP contribution is -2.61. The van der Waals surface area contributed by atoms with Crippen LogP contribution >= 0.6 is 12.1 Å². The van der Waals surface area contributed by atoms with Crippen molar-refractivity contribution in [3.8, 4) is 23.1 Å². The number of ether oxygens (including phenoxy) is 5. The van der Waals surface area contributed by atoms with Gasteiger partial charge in [-0.3, -0.25) is 14.5 Å². The number of hydrogen-bond donors (Lipinski definition) is 2. The molecule has 2 aromatic rings. The summed E-state index contributed by atoms with van der Waals surface area (Å²) < 4.78 is 59.0. The molecular weight excluding hydrogens is 843 g/mol. The van der Waals surface area contributed by atoms with E-state index in [1.54, 1.807) is 52.9 Å². The molecule has 0 aliphatic carbocycles. The van der Waals surface area contributed by atoms with Gasteiger partial charge >= 0.3 is 12.1 Å². The zero-order valence-corrected chi connectivity index (χ0v) is 39.1. The number of hydrogen-bond acceptors (Lipinski definition) is 15. The summed E-state index contributed by atoms with van der Waals surface area (Å²) in [5.41, 5.74) is 1.52. The number of likely N-dealkylation sites (N-methyl/N-ethyl adjacent to an activating group) is 1. The molecule has 3 aliphatic rings. The first-order valence-electron chi connectivity index (χ1n) is 21.1. The number of Topliss-reactive ketones (excluding diaryl/α,β-unsaturated/α-hetero) is 2. The van der Waals surface area contributed by atoms with E-state index in [4.69, 9.17) is 29.4 Å². The fourth-order valence-electron chi connectivity index (χ4n) is 9.13. The van der Waals surface area contributed by atoms with Crippen LogP contribution in [0.2, 0.25) is 0 Å². The molecule has 13 atom stereocenters. The second-order valence-corrected chi connectivity index (χ2v) is 17.8. The Morgan fingerprint density at radius 1 is 1.08 bits per heavy atom. The van der Waals surface area contributed by atoms with Crippen molar-refractivity contribution in [3.05, 3.63) is 30.5 Å². The minimum absolute atomic E-state index is 0.0391. The number of nitrogen functional groups attached to an aromatic ring is 1. The number of alkyl halides is 1. The van der Waals surface area contributed by atoms with Crippen LogP contribution < -0.4 is 5.73 Å². The first kappa shape index (κ1) is 51.4. The zero-order valence-electron chi connectivity index (χ0n) is 38.3. The van der Waals surface area contributed by atoms with E-state index in [-0.39, 0.29) is 56.0 Å². The highest BCUT2D eigenvalue weighted by molar-refractivity contribution is 7.93. The van der Waals surface area contributed by atoms with Crippen molar-refractivity contribution < 1.29 is 56.2 Å². The number of halogens is 2. The van der Waals surface area contributed by atoms with Crippen LogP contribution in [0.3, 0.4) is 0 Å². The molecule has 0 spiro atoms. The molecule has 3 N–H and O–H groups in total. The molecule has 0 saturated carbocycles. The van der Waals surface area contributed by atoms with Gasteiger partial charge in [0, 0.05) is 60.6 Å². The third kappa shape index (κ3) is 11.2. The quantitative estimate of drug-likeness (QED) is 0.154. The fourth-order valence-corrected chi connectivity index (χ4v) is 9.13. The first-order valence-corrected chi connectivity index (χ1v) is 22.2. The minimum Gasteiger partial charge on any atom is -0.455 e. The Kier molecular flexibility index (Phi) is 17.3. The summed E-state index contributed by atoms with van der Waals surface area (Å²) in [7, 11) is 5.01. The molecule has 5 rings (SSSR count). The number of aliphatic hydroxyl groups excluding tert-OH is 1. The van der Waals surface area contributed by atoms with Crippen LogP contribution in [0, 0.1) is 29.6 Å². The molecule has 1 amide bonds. The second-order valence-electron chi connectivity index (χ2n) is 17.5. The van der Waals surface area contributed by atoms with Crippen molar-refractivity contribution in [3.63, 3.8) is 0 Å². The van der Waals surface area contributed by atoms with E-state index in [9.17, 15) is 28.2 Å². The van der Waals surface area contributed by atoms with E-state index < -0.39 is 83.1 Å². The number of amides is 1. The molecule has 0 radical (unpaired) electrons. The number of anilines is 1. The van der Waals surface area contributed by atoms with Crippen LogP contribution in [0.25, 0.3) is 11.3 Å². The van der Waals surface area contributed by atoms with E-state index >= 15 is 4.39 Å². The maximum atomic E-state index is 16.9. The highest BCUT2D eigenvalue weighted by Gasteiger charge is 2.61. The summed E-state index contributed by atoms with van der Waals surface area (Å²) in [4.78, 5) is 59.8. The van der Waals surface area contributed by atoms with Crippen molar-refractivity contribution in [1.29, 1.82) is 0 Å². The average Bonchev–Trinajstić information content (AvgIpc) is 3.81. The molecular formula is C44H64F2N6O10S. The molecule has 3 saturated heterocycles. The number of ketones is 2.